The van der Waals surface area contributed by atoms with E-state index in [4.69, 9.17) is 21.6 Å². The summed E-state index contributed by atoms with van der Waals surface area (Å²) in [6.07, 6.45) is 1.54. The molecule has 2 amide bonds. The molecule has 1 heterocycles. The summed E-state index contributed by atoms with van der Waals surface area (Å²) < 4.78 is 19.8. The minimum absolute atomic E-state index is 0.230. The SMILES string of the molecule is C[C@@H](N)CC1(c2nnc(-c3ccc(F)cc3)o2)c2ccc(C(N)=O)cc2CCc2cc(C(N)=O)ccc21. The number of fused-ring (bicyclic) bond motifs is 2. The molecule has 5 rings (SSSR count). The van der Waals surface area contributed by atoms with E-state index in [1.807, 2.05) is 19.1 Å². The molecule has 6 N–H and O–H groups in total. The van der Waals surface area contributed by atoms with Crippen LogP contribution in [0.15, 0.2) is 65.1 Å². The number of nitrogens with zero attached hydrogens (tertiary/aromatic N) is 2. The predicted molar refractivity (Wildman–Crippen MR) is 135 cm³/mol. The highest BCUT2D eigenvalue weighted by Crippen LogP contribution is 2.48. The molecule has 0 saturated carbocycles. The fourth-order valence-electron chi connectivity index (χ4n) is 5.28. The number of hydrogen-bond donors (Lipinski definition) is 3. The van der Waals surface area contributed by atoms with Gasteiger partial charge < -0.3 is 21.6 Å². The minimum atomic E-state index is -0.993. The smallest absolute Gasteiger partial charge is 0.248 e. The quantitative estimate of drug-likeness (QED) is 0.370. The van der Waals surface area contributed by atoms with Crippen LogP contribution >= 0.6 is 0 Å². The van der Waals surface area contributed by atoms with Crippen LogP contribution in [0.3, 0.4) is 0 Å². The summed E-state index contributed by atoms with van der Waals surface area (Å²) in [5, 5.41) is 8.75. The molecule has 1 aliphatic rings. The highest BCUT2D eigenvalue weighted by atomic mass is 19.1. The zero-order valence-corrected chi connectivity index (χ0v) is 20.2. The van der Waals surface area contributed by atoms with Crippen LogP contribution in [0.25, 0.3) is 11.5 Å². The number of aryl methyl sites for hydroxylation is 2. The lowest BCUT2D eigenvalue weighted by Gasteiger charge is -2.35. The number of rotatable bonds is 6. The Morgan fingerprint density at radius 2 is 1.46 bits per heavy atom. The molecule has 188 valence electrons. The Balaban J connectivity index is 1.81. The summed E-state index contributed by atoms with van der Waals surface area (Å²) in [5.74, 6) is -0.912. The van der Waals surface area contributed by atoms with Crippen molar-refractivity contribution in [1.82, 2.24) is 10.2 Å². The number of carbonyl (C=O) groups is 2. The number of aromatic nitrogens is 2. The van der Waals surface area contributed by atoms with Crippen LogP contribution in [0.2, 0.25) is 0 Å². The summed E-state index contributed by atoms with van der Waals surface area (Å²) in [5.41, 5.74) is 21.4. The molecular weight excluding hydrogens is 473 g/mol. The fraction of sp³-hybridized carbons (Fsp3) is 0.214. The van der Waals surface area contributed by atoms with E-state index in [-0.39, 0.29) is 17.7 Å². The van der Waals surface area contributed by atoms with E-state index in [9.17, 15) is 14.0 Å². The second-order valence-electron chi connectivity index (χ2n) is 9.48. The number of primary amides is 2. The van der Waals surface area contributed by atoms with Crippen molar-refractivity contribution in [2.24, 2.45) is 17.2 Å². The molecule has 9 heteroatoms. The van der Waals surface area contributed by atoms with Gasteiger partial charge in [0.05, 0.1) is 0 Å². The van der Waals surface area contributed by atoms with Crippen LogP contribution in [0.1, 0.15) is 62.2 Å². The third-order valence-corrected chi connectivity index (χ3v) is 6.87. The molecule has 1 atom stereocenters. The molecule has 0 fully saturated rings. The van der Waals surface area contributed by atoms with Crippen LogP contribution in [0, 0.1) is 5.82 Å². The van der Waals surface area contributed by atoms with Gasteiger partial charge in [0, 0.05) is 22.7 Å². The van der Waals surface area contributed by atoms with E-state index in [0.717, 1.165) is 22.3 Å². The van der Waals surface area contributed by atoms with Crippen molar-refractivity contribution in [3.63, 3.8) is 0 Å². The van der Waals surface area contributed by atoms with Gasteiger partial charge in [-0.05, 0) is 97.0 Å². The molecule has 0 unspecified atom stereocenters. The highest BCUT2D eigenvalue weighted by Gasteiger charge is 2.46. The number of hydrogen-bond acceptors (Lipinski definition) is 6. The Morgan fingerprint density at radius 1 is 0.919 bits per heavy atom. The van der Waals surface area contributed by atoms with Crippen LogP contribution in [0.4, 0.5) is 4.39 Å². The first kappa shape index (κ1) is 24.3. The van der Waals surface area contributed by atoms with Crippen molar-refractivity contribution in [3.8, 4) is 11.5 Å². The van der Waals surface area contributed by atoms with Crippen molar-refractivity contribution in [2.75, 3.05) is 0 Å². The third-order valence-electron chi connectivity index (χ3n) is 6.87. The average molecular weight is 500 g/mol. The van der Waals surface area contributed by atoms with E-state index < -0.39 is 17.2 Å². The van der Waals surface area contributed by atoms with E-state index >= 15 is 0 Å². The Kier molecular flexibility index (Phi) is 6.08. The Morgan fingerprint density at radius 3 is 1.95 bits per heavy atom. The molecule has 0 spiro atoms. The van der Waals surface area contributed by atoms with Crippen molar-refractivity contribution in [3.05, 3.63) is 106 Å². The van der Waals surface area contributed by atoms with E-state index in [1.165, 1.54) is 12.1 Å². The van der Waals surface area contributed by atoms with Crippen molar-refractivity contribution in [2.45, 2.75) is 37.6 Å². The number of benzene rings is 3. The number of carbonyl (C=O) groups excluding carboxylic acids is 2. The first-order valence-electron chi connectivity index (χ1n) is 11.9. The van der Waals surface area contributed by atoms with E-state index in [0.29, 0.717) is 41.8 Å². The molecule has 0 saturated heterocycles. The summed E-state index contributed by atoms with van der Waals surface area (Å²) in [4.78, 5) is 24.0. The average Bonchev–Trinajstić information content (AvgIpc) is 3.32. The number of amides is 2. The van der Waals surface area contributed by atoms with Gasteiger partial charge in [-0.3, -0.25) is 9.59 Å². The summed E-state index contributed by atoms with van der Waals surface area (Å²) in [6.45, 7) is 1.89. The van der Waals surface area contributed by atoms with Crippen LogP contribution in [0.5, 0.6) is 0 Å². The second kappa shape index (κ2) is 9.25. The van der Waals surface area contributed by atoms with Gasteiger partial charge >= 0.3 is 0 Å². The van der Waals surface area contributed by atoms with Crippen LogP contribution in [-0.4, -0.2) is 28.1 Å². The molecule has 3 aromatic carbocycles. The maximum absolute atomic E-state index is 13.5. The first-order chi connectivity index (χ1) is 17.7. The normalized spacial score (nSPS) is 14.8. The second-order valence-corrected chi connectivity index (χ2v) is 9.48. The predicted octanol–water partition coefficient (Wildman–Crippen LogP) is 3.24. The summed E-state index contributed by atoms with van der Waals surface area (Å²) >= 11 is 0. The van der Waals surface area contributed by atoms with Gasteiger partial charge in [0.1, 0.15) is 11.2 Å². The Bertz CT molecular complexity index is 1450. The fourth-order valence-corrected chi connectivity index (χ4v) is 5.28. The molecule has 0 radical (unpaired) electrons. The van der Waals surface area contributed by atoms with Crippen LogP contribution in [-0.2, 0) is 18.3 Å². The lowest BCUT2D eigenvalue weighted by molar-refractivity contribution is 0.0991. The number of nitrogens with two attached hydrogens (primary N) is 3. The highest BCUT2D eigenvalue weighted by molar-refractivity contribution is 5.94. The molecule has 37 heavy (non-hydrogen) atoms. The van der Waals surface area contributed by atoms with E-state index in [1.54, 1.807) is 36.4 Å². The standard InChI is InChI=1S/C28H26FN5O3/c1-15(30)14-28(27-34-33-26(37-27)16-4-8-21(29)9-5-16)22-10-6-19(24(31)35)12-17(22)2-3-18-13-20(25(32)36)7-11-23(18)28/h4-13,15H,2-3,14,30H2,1H3,(H2,31,35)(H2,32,36)/t15-/m1/s1. The molecule has 1 aliphatic carbocycles. The largest absolute Gasteiger partial charge is 0.419 e. The zero-order valence-electron chi connectivity index (χ0n) is 20.2. The maximum Gasteiger partial charge on any atom is 0.248 e. The topological polar surface area (TPSA) is 151 Å². The molecule has 4 aromatic rings. The lowest BCUT2D eigenvalue weighted by Crippen LogP contribution is -2.37. The third kappa shape index (κ3) is 4.27. The molecule has 0 bridgehead atoms. The number of halogens is 1. The van der Waals surface area contributed by atoms with Gasteiger partial charge in [-0.15, -0.1) is 10.2 Å². The molecule has 8 nitrogen and oxygen atoms in total. The Labute approximate surface area is 212 Å². The molecular formula is C28H26FN5O3. The molecule has 0 aliphatic heterocycles. The minimum Gasteiger partial charge on any atom is -0.419 e. The van der Waals surface area contributed by atoms with Gasteiger partial charge in [-0.25, -0.2) is 4.39 Å². The zero-order chi connectivity index (χ0) is 26.3. The Hall–Kier alpha value is -4.37. The van der Waals surface area contributed by atoms with Crippen molar-refractivity contribution >= 4 is 11.8 Å². The monoisotopic (exact) mass is 499 g/mol. The van der Waals surface area contributed by atoms with Crippen LogP contribution < -0.4 is 17.2 Å². The lowest BCUT2D eigenvalue weighted by atomic mass is 9.68. The van der Waals surface area contributed by atoms with E-state index in [2.05, 4.69) is 10.2 Å². The van der Waals surface area contributed by atoms with Gasteiger partial charge in [0.2, 0.25) is 23.6 Å². The summed E-state index contributed by atoms with van der Waals surface area (Å²) in [7, 11) is 0. The van der Waals surface area contributed by atoms with Crippen molar-refractivity contribution in [1.29, 1.82) is 0 Å². The van der Waals surface area contributed by atoms with Gasteiger partial charge in [-0.2, -0.15) is 0 Å². The van der Waals surface area contributed by atoms with Gasteiger partial charge in [-0.1, -0.05) is 12.1 Å². The van der Waals surface area contributed by atoms with Crippen molar-refractivity contribution < 1.29 is 18.4 Å². The maximum atomic E-state index is 13.5. The van der Waals surface area contributed by atoms with Gasteiger partial charge in [0.25, 0.3) is 0 Å². The molecule has 1 aromatic heterocycles. The first-order valence-corrected chi connectivity index (χ1v) is 11.9. The van der Waals surface area contributed by atoms with Gasteiger partial charge in [0.15, 0.2) is 0 Å². The summed E-state index contributed by atoms with van der Waals surface area (Å²) in [6, 6.07) is 16.1.